The van der Waals surface area contributed by atoms with Crippen LogP contribution in [0.2, 0.25) is 0 Å². The van der Waals surface area contributed by atoms with Crippen molar-refractivity contribution >= 4 is 11.7 Å². The molecule has 0 spiro atoms. The summed E-state index contributed by atoms with van der Waals surface area (Å²) in [5, 5.41) is 9.76. The topological polar surface area (TPSA) is 68.2 Å². The Bertz CT molecular complexity index is 483. The Morgan fingerprint density at radius 1 is 1.53 bits per heavy atom. The van der Waals surface area contributed by atoms with Gasteiger partial charge in [-0.1, -0.05) is 13.8 Å². The van der Waals surface area contributed by atoms with Crippen LogP contribution in [-0.2, 0) is 11.8 Å². The number of hydrogen-bond acceptors (Lipinski definition) is 3. The van der Waals surface area contributed by atoms with Crippen molar-refractivity contribution in [1.29, 1.82) is 0 Å². The Morgan fingerprint density at radius 3 is 2.68 bits per heavy atom. The van der Waals surface area contributed by atoms with Crippen molar-refractivity contribution < 1.29 is 9.53 Å². The second-order valence-electron chi connectivity index (χ2n) is 5.91. The van der Waals surface area contributed by atoms with Gasteiger partial charge in [-0.05, 0) is 13.3 Å². The molecule has 2 N–H and O–H groups in total. The maximum Gasteiger partial charge on any atom is 0.319 e. The molecule has 2 atom stereocenters. The molecule has 6 heteroatoms. The van der Waals surface area contributed by atoms with E-state index in [1.54, 1.807) is 24.2 Å². The van der Waals surface area contributed by atoms with Crippen LogP contribution in [0.5, 0.6) is 0 Å². The number of nitrogens with one attached hydrogen (secondary N) is 2. The lowest BCUT2D eigenvalue weighted by Gasteiger charge is -2.58. The van der Waals surface area contributed by atoms with Gasteiger partial charge in [-0.2, -0.15) is 5.10 Å². The number of aryl methyl sites for hydroxylation is 1. The summed E-state index contributed by atoms with van der Waals surface area (Å²) in [6.07, 6.45) is 4.19. The molecule has 1 aromatic rings. The summed E-state index contributed by atoms with van der Waals surface area (Å²) < 4.78 is 7.18. The fourth-order valence-corrected chi connectivity index (χ4v) is 2.53. The van der Waals surface area contributed by atoms with Crippen LogP contribution in [0.4, 0.5) is 10.5 Å². The molecule has 0 saturated heterocycles. The average molecular weight is 266 g/mol. The van der Waals surface area contributed by atoms with Gasteiger partial charge in [0.05, 0.1) is 17.5 Å². The number of amides is 2. The number of aromatic nitrogens is 2. The Hall–Kier alpha value is -1.56. The zero-order valence-electron chi connectivity index (χ0n) is 12.2. The third kappa shape index (κ3) is 2.32. The van der Waals surface area contributed by atoms with Crippen molar-refractivity contribution in [3.8, 4) is 0 Å². The number of urea groups is 1. The molecule has 0 aromatic carbocycles. The van der Waals surface area contributed by atoms with Crippen LogP contribution < -0.4 is 10.6 Å². The summed E-state index contributed by atoms with van der Waals surface area (Å²) in [6.45, 7) is 6.29. The highest BCUT2D eigenvalue weighted by atomic mass is 16.5. The minimum absolute atomic E-state index is 0.0893. The molecule has 0 aliphatic heterocycles. The second-order valence-corrected chi connectivity index (χ2v) is 5.91. The molecular weight excluding hydrogens is 244 g/mol. The molecule has 1 aliphatic rings. The van der Waals surface area contributed by atoms with Crippen molar-refractivity contribution in [2.45, 2.75) is 38.8 Å². The first-order valence-electron chi connectivity index (χ1n) is 6.40. The Kier molecular flexibility index (Phi) is 3.30. The molecular formula is C13H22N4O2. The van der Waals surface area contributed by atoms with E-state index in [9.17, 15) is 4.79 Å². The van der Waals surface area contributed by atoms with E-state index < -0.39 is 0 Å². The predicted molar refractivity (Wildman–Crippen MR) is 73.0 cm³/mol. The molecule has 1 heterocycles. The molecule has 1 saturated carbocycles. The van der Waals surface area contributed by atoms with Crippen molar-refractivity contribution in [2.24, 2.45) is 12.5 Å². The van der Waals surface area contributed by atoms with Crippen LogP contribution in [0.15, 0.2) is 12.4 Å². The largest absolute Gasteiger partial charge is 0.378 e. The highest BCUT2D eigenvalue weighted by Gasteiger charge is 2.58. The molecule has 19 heavy (non-hydrogen) atoms. The van der Waals surface area contributed by atoms with E-state index in [1.807, 2.05) is 7.05 Å². The Balaban J connectivity index is 1.91. The summed E-state index contributed by atoms with van der Waals surface area (Å²) in [5.74, 6) is 0. The number of nitrogens with zero attached hydrogens (tertiary/aromatic N) is 2. The normalized spacial score (nSPS) is 28.6. The molecule has 1 fully saturated rings. The quantitative estimate of drug-likeness (QED) is 0.875. The number of hydrogen-bond donors (Lipinski definition) is 2. The third-order valence-corrected chi connectivity index (χ3v) is 4.55. The summed E-state index contributed by atoms with van der Waals surface area (Å²) in [5.41, 5.74) is 0.416. The standard InChI is InChI=1S/C13H22N4O2/c1-12(2)10(6-13(12,3)19-5)16-11(18)15-9-7-14-17(4)8-9/h7-8,10H,6H2,1-5H3,(H2,15,16,18). The summed E-state index contributed by atoms with van der Waals surface area (Å²) in [7, 11) is 3.52. The van der Waals surface area contributed by atoms with Crippen LogP contribution in [0.1, 0.15) is 27.2 Å². The third-order valence-electron chi connectivity index (χ3n) is 4.55. The van der Waals surface area contributed by atoms with Crippen LogP contribution in [0, 0.1) is 5.41 Å². The van der Waals surface area contributed by atoms with Crippen LogP contribution in [0.3, 0.4) is 0 Å². The van der Waals surface area contributed by atoms with Crippen molar-refractivity contribution in [1.82, 2.24) is 15.1 Å². The Morgan fingerprint density at radius 2 is 2.21 bits per heavy atom. The lowest BCUT2D eigenvalue weighted by molar-refractivity contribution is -0.177. The van der Waals surface area contributed by atoms with E-state index in [2.05, 4.69) is 36.5 Å². The highest BCUT2D eigenvalue weighted by Crippen LogP contribution is 2.51. The Labute approximate surface area is 113 Å². The number of methoxy groups -OCH3 is 1. The van der Waals surface area contributed by atoms with Gasteiger partial charge < -0.3 is 15.4 Å². The molecule has 0 bridgehead atoms. The van der Waals surface area contributed by atoms with Crippen molar-refractivity contribution in [2.75, 3.05) is 12.4 Å². The molecule has 2 rings (SSSR count). The van der Waals surface area contributed by atoms with Crippen LogP contribution in [-0.4, -0.2) is 34.6 Å². The van der Waals surface area contributed by atoms with E-state index >= 15 is 0 Å². The lowest BCUT2D eigenvalue weighted by atomic mass is 9.56. The molecule has 2 amide bonds. The minimum Gasteiger partial charge on any atom is -0.378 e. The minimum atomic E-state index is -0.204. The predicted octanol–water partition coefficient (Wildman–Crippen LogP) is 1.75. The zero-order valence-corrected chi connectivity index (χ0v) is 12.2. The van der Waals surface area contributed by atoms with E-state index in [0.717, 1.165) is 6.42 Å². The van der Waals surface area contributed by atoms with E-state index in [0.29, 0.717) is 5.69 Å². The van der Waals surface area contributed by atoms with Gasteiger partial charge in [0.1, 0.15) is 0 Å². The number of anilines is 1. The fraction of sp³-hybridized carbons (Fsp3) is 0.692. The van der Waals surface area contributed by atoms with Crippen LogP contribution in [0.25, 0.3) is 0 Å². The van der Waals surface area contributed by atoms with Gasteiger partial charge in [0.15, 0.2) is 0 Å². The summed E-state index contributed by atoms with van der Waals surface area (Å²) in [6, 6.07) is -0.0988. The maximum absolute atomic E-state index is 11.9. The monoisotopic (exact) mass is 266 g/mol. The van der Waals surface area contributed by atoms with Gasteiger partial charge in [-0.25, -0.2) is 4.79 Å². The second kappa shape index (κ2) is 4.52. The molecule has 106 valence electrons. The number of ether oxygens (including phenoxy) is 1. The van der Waals surface area contributed by atoms with Crippen molar-refractivity contribution in [3.63, 3.8) is 0 Å². The van der Waals surface area contributed by atoms with Crippen LogP contribution >= 0.6 is 0 Å². The molecule has 6 nitrogen and oxygen atoms in total. The molecule has 0 radical (unpaired) electrons. The fourth-order valence-electron chi connectivity index (χ4n) is 2.53. The summed E-state index contributed by atoms with van der Waals surface area (Å²) >= 11 is 0. The SMILES string of the molecule is COC1(C)CC(NC(=O)Nc2cnn(C)c2)C1(C)C. The smallest absolute Gasteiger partial charge is 0.319 e. The van der Waals surface area contributed by atoms with Gasteiger partial charge in [0, 0.05) is 31.8 Å². The number of carbonyl (C=O) groups excluding carboxylic acids is 1. The maximum atomic E-state index is 11.9. The number of rotatable bonds is 3. The average Bonchev–Trinajstić information content (AvgIpc) is 2.73. The molecule has 2 unspecified atom stereocenters. The molecule has 1 aliphatic carbocycles. The zero-order chi connectivity index (χ0) is 14.3. The lowest BCUT2D eigenvalue weighted by Crippen LogP contribution is -2.68. The summed E-state index contributed by atoms with van der Waals surface area (Å²) in [4.78, 5) is 11.9. The van der Waals surface area contributed by atoms with Gasteiger partial charge in [0.25, 0.3) is 0 Å². The van der Waals surface area contributed by atoms with Gasteiger partial charge in [0.2, 0.25) is 0 Å². The van der Waals surface area contributed by atoms with Gasteiger partial charge >= 0.3 is 6.03 Å². The first kappa shape index (κ1) is 13.9. The van der Waals surface area contributed by atoms with E-state index in [1.165, 1.54) is 0 Å². The first-order valence-corrected chi connectivity index (χ1v) is 6.40. The van der Waals surface area contributed by atoms with Gasteiger partial charge in [-0.15, -0.1) is 0 Å². The first-order chi connectivity index (χ1) is 8.78. The van der Waals surface area contributed by atoms with E-state index in [-0.39, 0.29) is 23.1 Å². The van der Waals surface area contributed by atoms with Gasteiger partial charge in [-0.3, -0.25) is 4.68 Å². The number of carbonyl (C=O) groups is 1. The van der Waals surface area contributed by atoms with E-state index in [4.69, 9.17) is 4.74 Å². The molecule has 1 aromatic heterocycles. The van der Waals surface area contributed by atoms with Crippen molar-refractivity contribution in [3.05, 3.63) is 12.4 Å². The highest BCUT2D eigenvalue weighted by molar-refractivity contribution is 5.89.